The summed E-state index contributed by atoms with van der Waals surface area (Å²) in [5.41, 5.74) is 4.37. The molecule has 0 N–H and O–H groups in total. The van der Waals surface area contributed by atoms with Gasteiger partial charge < -0.3 is 4.74 Å². The molecule has 0 aromatic heterocycles. The van der Waals surface area contributed by atoms with Gasteiger partial charge in [0.2, 0.25) is 0 Å². The van der Waals surface area contributed by atoms with Crippen molar-refractivity contribution >= 4 is 5.97 Å². The molecule has 0 heterocycles. The largest absolute Gasteiger partial charge is 0.458 e. The maximum Gasteiger partial charge on any atom is 0.338 e. The zero-order chi connectivity index (χ0) is 28.2. The lowest BCUT2D eigenvalue weighted by Gasteiger charge is -2.58. The second-order valence-electron chi connectivity index (χ2n) is 15.3. The lowest BCUT2D eigenvalue weighted by atomic mass is 9.46. The van der Waals surface area contributed by atoms with Gasteiger partial charge in [-0.1, -0.05) is 110 Å². The van der Waals surface area contributed by atoms with Gasteiger partial charge in [-0.05, 0) is 97.0 Å². The number of hydrogen-bond donors (Lipinski definition) is 0. The third-order valence-corrected chi connectivity index (χ3v) is 12.6. The highest BCUT2D eigenvalue weighted by molar-refractivity contribution is 5.89. The van der Waals surface area contributed by atoms with Gasteiger partial charge in [0.15, 0.2) is 0 Å². The predicted octanol–water partition coefficient (Wildman–Crippen LogP) is 10.1. The Hall–Kier alpha value is -1.83. The molecule has 3 fully saturated rings. The van der Waals surface area contributed by atoms with Crippen molar-refractivity contribution in [1.29, 1.82) is 0 Å². The Morgan fingerprint density at radius 1 is 0.872 bits per heavy atom. The molecule has 4 aliphatic rings. The molecular weight excluding hydrogens is 476 g/mol. The fourth-order valence-electron chi connectivity index (χ4n) is 9.71. The van der Waals surface area contributed by atoms with Gasteiger partial charge in [0.1, 0.15) is 6.10 Å². The number of ether oxygens (including phenoxy) is 1. The highest BCUT2D eigenvalue weighted by Crippen LogP contribution is 2.68. The number of fused-ring (bicyclic) bond motifs is 5. The van der Waals surface area contributed by atoms with Crippen LogP contribution >= 0.6 is 0 Å². The normalized spacial score (nSPS) is 36.6. The fraction of sp³-hybridized carbons (Fsp3) is 0.703. The summed E-state index contributed by atoms with van der Waals surface area (Å²) >= 11 is 0. The number of hydrogen-bond acceptors (Lipinski definition) is 2. The van der Waals surface area contributed by atoms with E-state index in [9.17, 15) is 4.79 Å². The molecule has 0 spiro atoms. The third-order valence-electron chi connectivity index (χ3n) is 12.6. The van der Waals surface area contributed by atoms with Crippen LogP contribution in [0.3, 0.4) is 0 Å². The van der Waals surface area contributed by atoms with Crippen LogP contribution in [0, 0.1) is 51.8 Å². The van der Waals surface area contributed by atoms with Crippen molar-refractivity contribution in [2.75, 3.05) is 0 Å². The van der Waals surface area contributed by atoms with Crippen LogP contribution in [-0.4, -0.2) is 12.1 Å². The smallest absolute Gasteiger partial charge is 0.338 e. The van der Waals surface area contributed by atoms with Crippen LogP contribution in [0.25, 0.3) is 0 Å². The van der Waals surface area contributed by atoms with Gasteiger partial charge in [-0.25, -0.2) is 4.79 Å². The molecule has 214 valence electrons. The van der Waals surface area contributed by atoms with E-state index in [0.29, 0.717) is 16.9 Å². The molecule has 0 aliphatic heterocycles. The summed E-state index contributed by atoms with van der Waals surface area (Å²) < 4.78 is 6.20. The topological polar surface area (TPSA) is 26.3 Å². The molecule has 1 aromatic carbocycles. The molecule has 0 bridgehead atoms. The quantitative estimate of drug-likeness (QED) is 0.328. The number of carbonyl (C=O) groups is 1. The maximum absolute atomic E-state index is 13.0. The molecular formula is C37H54O2. The highest BCUT2D eigenvalue weighted by atomic mass is 16.5. The highest BCUT2D eigenvalue weighted by Gasteiger charge is 2.59. The number of benzene rings is 1. The second-order valence-corrected chi connectivity index (χ2v) is 15.3. The second kappa shape index (κ2) is 10.5. The lowest BCUT2D eigenvalue weighted by Crippen LogP contribution is -2.52. The fourth-order valence-corrected chi connectivity index (χ4v) is 9.71. The van der Waals surface area contributed by atoms with Crippen molar-refractivity contribution in [3.8, 4) is 0 Å². The first-order valence-electron chi connectivity index (χ1n) is 16.1. The SMILES string of the molecule is CC(C)[C@@H](C)CC[C@@H](C)[C@H]1CC[C@H]2C3=CC=C4C(C)(C)[C@@H](OC(=O)c5ccccc5)CC[C@]4(C)[C@H]3CC[C@]12C. The van der Waals surface area contributed by atoms with E-state index in [1.54, 1.807) is 5.57 Å². The molecule has 2 nitrogen and oxygen atoms in total. The standard InChI is InChI=1S/C37H54O2/c1-24(2)25(3)14-15-26(4)29-17-18-30-28-16-19-32-35(5,6)33(39-34(38)27-12-10-9-11-13-27)21-23-37(32,8)31(28)20-22-36(29,30)7/h9-13,16,19,24-26,29-31,33H,14-15,17-18,20-23H2,1-8H3/t25-,26+,29+,30-,31-,33-,36+,37+/m0/s1. The molecule has 4 aliphatic carbocycles. The predicted molar refractivity (Wildman–Crippen MR) is 162 cm³/mol. The van der Waals surface area contributed by atoms with E-state index in [-0.39, 0.29) is 22.9 Å². The van der Waals surface area contributed by atoms with Gasteiger partial charge >= 0.3 is 5.97 Å². The van der Waals surface area contributed by atoms with Gasteiger partial charge in [-0.2, -0.15) is 0 Å². The van der Waals surface area contributed by atoms with Crippen LogP contribution < -0.4 is 0 Å². The van der Waals surface area contributed by atoms with Gasteiger partial charge in [0.25, 0.3) is 0 Å². The van der Waals surface area contributed by atoms with E-state index in [4.69, 9.17) is 4.74 Å². The minimum atomic E-state index is -0.188. The Labute approximate surface area is 239 Å². The Kier molecular flexibility index (Phi) is 7.75. The molecule has 1 aromatic rings. The van der Waals surface area contributed by atoms with E-state index in [0.717, 1.165) is 42.4 Å². The zero-order valence-electron chi connectivity index (χ0n) is 26.1. The van der Waals surface area contributed by atoms with Crippen LogP contribution in [0.1, 0.15) is 117 Å². The summed E-state index contributed by atoms with van der Waals surface area (Å²) in [6, 6.07) is 9.48. The van der Waals surface area contributed by atoms with Crippen LogP contribution in [0.15, 0.2) is 53.6 Å². The van der Waals surface area contributed by atoms with Crippen molar-refractivity contribution in [3.63, 3.8) is 0 Å². The first kappa shape index (κ1) is 28.7. The first-order valence-corrected chi connectivity index (χ1v) is 16.1. The third kappa shape index (κ3) is 4.87. The molecule has 0 amide bonds. The first-order chi connectivity index (χ1) is 18.4. The van der Waals surface area contributed by atoms with Crippen molar-refractivity contribution in [3.05, 3.63) is 59.2 Å². The summed E-state index contributed by atoms with van der Waals surface area (Å²) in [5.74, 6) is 4.46. The Morgan fingerprint density at radius 3 is 2.28 bits per heavy atom. The number of esters is 1. The van der Waals surface area contributed by atoms with Crippen molar-refractivity contribution in [1.82, 2.24) is 0 Å². The minimum Gasteiger partial charge on any atom is -0.458 e. The number of allylic oxidation sites excluding steroid dienone is 3. The molecule has 5 rings (SSSR count). The van der Waals surface area contributed by atoms with Crippen LogP contribution in [0.2, 0.25) is 0 Å². The molecule has 8 atom stereocenters. The number of carbonyl (C=O) groups excluding carboxylic acids is 1. The van der Waals surface area contributed by atoms with Crippen molar-refractivity contribution < 1.29 is 9.53 Å². The average molecular weight is 531 g/mol. The summed E-state index contributed by atoms with van der Waals surface area (Å²) in [6.07, 6.45) is 15.2. The van der Waals surface area contributed by atoms with E-state index >= 15 is 0 Å². The van der Waals surface area contributed by atoms with Crippen LogP contribution in [0.4, 0.5) is 0 Å². The Bertz CT molecular complexity index is 1110. The van der Waals surface area contributed by atoms with Crippen molar-refractivity contribution in [2.45, 2.75) is 113 Å². The Balaban J connectivity index is 1.36. The van der Waals surface area contributed by atoms with E-state index in [2.05, 4.69) is 67.5 Å². The zero-order valence-corrected chi connectivity index (χ0v) is 26.1. The summed E-state index contributed by atoms with van der Waals surface area (Å²) in [6.45, 7) is 19.6. The summed E-state index contributed by atoms with van der Waals surface area (Å²) in [4.78, 5) is 13.0. The molecule has 39 heavy (non-hydrogen) atoms. The van der Waals surface area contributed by atoms with E-state index in [1.807, 2.05) is 30.3 Å². The van der Waals surface area contributed by atoms with Crippen LogP contribution in [-0.2, 0) is 4.74 Å². The van der Waals surface area contributed by atoms with Gasteiger partial charge in [0.05, 0.1) is 5.56 Å². The van der Waals surface area contributed by atoms with Gasteiger partial charge in [-0.15, -0.1) is 0 Å². The molecule has 3 saturated carbocycles. The van der Waals surface area contributed by atoms with Crippen molar-refractivity contribution in [2.24, 2.45) is 51.8 Å². The number of rotatable bonds is 7. The summed E-state index contributed by atoms with van der Waals surface area (Å²) in [7, 11) is 0. The molecule has 0 saturated heterocycles. The molecule has 0 unspecified atom stereocenters. The maximum atomic E-state index is 13.0. The van der Waals surface area contributed by atoms with Gasteiger partial charge in [0, 0.05) is 5.41 Å². The minimum absolute atomic E-state index is 0.0849. The van der Waals surface area contributed by atoms with E-state index < -0.39 is 0 Å². The Morgan fingerprint density at radius 2 is 1.59 bits per heavy atom. The van der Waals surface area contributed by atoms with Gasteiger partial charge in [-0.3, -0.25) is 0 Å². The van der Waals surface area contributed by atoms with Crippen LogP contribution in [0.5, 0.6) is 0 Å². The summed E-state index contributed by atoms with van der Waals surface area (Å²) in [5, 5.41) is 0. The molecule has 0 radical (unpaired) electrons. The lowest BCUT2D eigenvalue weighted by molar-refractivity contribution is -0.0394. The average Bonchev–Trinajstić information content (AvgIpc) is 3.26. The van der Waals surface area contributed by atoms with E-state index in [1.165, 1.54) is 44.1 Å². The monoisotopic (exact) mass is 530 g/mol. The molecule has 2 heteroatoms.